The highest BCUT2D eigenvalue weighted by Crippen LogP contribution is 2.28. The molecule has 1 aromatic carbocycles. The molecule has 0 unspecified atom stereocenters. The number of anilines is 1. The molecule has 0 aromatic heterocycles. The summed E-state index contributed by atoms with van der Waals surface area (Å²) >= 11 is 1.31. The van der Waals surface area contributed by atoms with Crippen LogP contribution in [0, 0.1) is 5.92 Å². The van der Waals surface area contributed by atoms with E-state index in [1.165, 1.54) is 17.3 Å². The topological polar surface area (TPSA) is 69.7 Å². The summed E-state index contributed by atoms with van der Waals surface area (Å²) < 4.78 is 0. The third-order valence-corrected chi connectivity index (χ3v) is 5.64. The minimum Gasteiger partial charge on any atom is -0.327 e. The molecule has 3 amide bonds. The van der Waals surface area contributed by atoms with Crippen molar-refractivity contribution in [2.45, 2.75) is 38.6 Å². The van der Waals surface area contributed by atoms with E-state index in [0.717, 1.165) is 18.5 Å². The van der Waals surface area contributed by atoms with Crippen LogP contribution in [-0.4, -0.2) is 47.0 Å². The molecule has 140 valence electrons. The average molecular weight is 375 g/mol. The summed E-state index contributed by atoms with van der Waals surface area (Å²) in [6, 6.07) is 7.98. The fourth-order valence-electron chi connectivity index (χ4n) is 3.38. The van der Waals surface area contributed by atoms with Crippen LogP contribution in [0.2, 0.25) is 0 Å². The molecule has 0 bridgehead atoms. The molecule has 1 fully saturated rings. The number of thioether (sulfide) groups is 1. The summed E-state index contributed by atoms with van der Waals surface area (Å²) in [5.41, 5.74) is 1.70. The maximum Gasteiger partial charge on any atom is 0.237 e. The third-order valence-electron chi connectivity index (χ3n) is 4.54. The van der Waals surface area contributed by atoms with Gasteiger partial charge in [-0.15, -0.1) is 11.8 Å². The van der Waals surface area contributed by atoms with Gasteiger partial charge in [0.05, 0.1) is 5.75 Å². The van der Waals surface area contributed by atoms with Crippen molar-refractivity contribution in [2.24, 2.45) is 5.92 Å². The monoisotopic (exact) mass is 375 g/mol. The fourth-order valence-corrected chi connectivity index (χ4v) is 4.43. The Hall–Kier alpha value is -2.02. The lowest BCUT2D eigenvalue weighted by molar-refractivity contribution is -0.142. The van der Waals surface area contributed by atoms with Gasteiger partial charge in [-0.1, -0.05) is 32.0 Å². The first-order valence-electron chi connectivity index (χ1n) is 9.04. The fraction of sp³-hybridized carbons (Fsp3) is 0.526. The van der Waals surface area contributed by atoms with Gasteiger partial charge in [-0.05, 0) is 30.4 Å². The van der Waals surface area contributed by atoms with E-state index in [1.54, 1.807) is 4.90 Å². The van der Waals surface area contributed by atoms with Crippen molar-refractivity contribution in [3.05, 3.63) is 29.8 Å². The summed E-state index contributed by atoms with van der Waals surface area (Å²) in [4.78, 5) is 40.3. The molecule has 1 saturated heterocycles. The zero-order chi connectivity index (χ0) is 18.7. The highest BCUT2D eigenvalue weighted by Gasteiger charge is 2.33. The summed E-state index contributed by atoms with van der Waals surface area (Å²) in [6.07, 6.45) is 1.82. The number of amides is 3. The van der Waals surface area contributed by atoms with Crippen LogP contribution < -0.4 is 10.2 Å². The first-order valence-corrected chi connectivity index (χ1v) is 10.1. The first-order chi connectivity index (χ1) is 12.5. The van der Waals surface area contributed by atoms with E-state index < -0.39 is 5.50 Å². The number of hydrogen-bond donors (Lipinski definition) is 1. The standard InChI is InChI=1S/C19H25N3O3S/c1-13(2)11-22-17(24)10-16(23)20-19(22)26-12-18(25)21-9-5-7-14-6-3-4-8-15(14)21/h3-4,6,8,13,19H,5,7,9-12H2,1-2H3,(H,20,23)/t19-/m0/s1. The molecular formula is C19H25N3O3S. The number of rotatable bonds is 5. The van der Waals surface area contributed by atoms with E-state index in [-0.39, 0.29) is 29.9 Å². The Bertz CT molecular complexity index is 707. The van der Waals surface area contributed by atoms with Crippen molar-refractivity contribution in [3.63, 3.8) is 0 Å². The van der Waals surface area contributed by atoms with Crippen molar-refractivity contribution in [3.8, 4) is 0 Å². The second-order valence-corrected chi connectivity index (χ2v) is 8.19. The maximum absolute atomic E-state index is 12.8. The predicted molar refractivity (Wildman–Crippen MR) is 103 cm³/mol. The number of fused-ring (bicyclic) bond motifs is 1. The molecule has 3 rings (SSSR count). The number of para-hydroxylation sites is 1. The van der Waals surface area contributed by atoms with Crippen molar-refractivity contribution in [1.82, 2.24) is 10.2 Å². The Kier molecular flexibility index (Phi) is 5.86. The minimum absolute atomic E-state index is 0.0129. The van der Waals surface area contributed by atoms with Crippen LogP contribution in [0.15, 0.2) is 24.3 Å². The normalized spacial score (nSPS) is 20.2. The molecule has 0 aliphatic carbocycles. The number of benzene rings is 1. The molecule has 2 aliphatic heterocycles. The zero-order valence-corrected chi connectivity index (χ0v) is 16.1. The number of carbonyl (C=O) groups excluding carboxylic acids is 3. The summed E-state index contributed by atoms with van der Waals surface area (Å²) in [5.74, 6) is 0.0841. The van der Waals surface area contributed by atoms with E-state index in [1.807, 2.05) is 36.9 Å². The van der Waals surface area contributed by atoms with Crippen LogP contribution in [0.1, 0.15) is 32.3 Å². The van der Waals surface area contributed by atoms with Crippen molar-refractivity contribution < 1.29 is 14.4 Å². The highest BCUT2D eigenvalue weighted by atomic mass is 32.2. The van der Waals surface area contributed by atoms with E-state index >= 15 is 0 Å². The molecule has 0 spiro atoms. The Balaban J connectivity index is 1.66. The van der Waals surface area contributed by atoms with E-state index in [2.05, 4.69) is 11.4 Å². The van der Waals surface area contributed by atoms with Gasteiger partial charge in [0.1, 0.15) is 6.42 Å². The number of nitrogens with one attached hydrogen (secondary N) is 1. The van der Waals surface area contributed by atoms with Crippen LogP contribution >= 0.6 is 11.8 Å². The SMILES string of the molecule is CC(C)CN1C(=O)CC(=O)N[C@@H]1SCC(=O)N1CCCc2ccccc21. The van der Waals surface area contributed by atoms with Crippen molar-refractivity contribution in [2.75, 3.05) is 23.7 Å². The molecule has 6 nitrogen and oxygen atoms in total. The predicted octanol–water partition coefficient (Wildman–Crippen LogP) is 1.99. The summed E-state index contributed by atoms with van der Waals surface area (Å²) in [7, 11) is 0. The first kappa shape index (κ1) is 18.8. The third kappa shape index (κ3) is 4.20. The molecule has 0 radical (unpaired) electrons. The van der Waals surface area contributed by atoms with Gasteiger partial charge in [0, 0.05) is 18.8 Å². The molecule has 1 atom stereocenters. The van der Waals surface area contributed by atoms with E-state index in [0.29, 0.717) is 19.0 Å². The maximum atomic E-state index is 12.8. The lowest BCUT2D eigenvalue weighted by atomic mass is 10.0. The molecule has 26 heavy (non-hydrogen) atoms. The van der Waals surface area contributed by atoms with Gasteiger partial charge in [0.25, 0.3) is 0 Å². The Morgan fingerprint density at radius 1 is 1.31 bits per heavy atom. The Morgan fingerprint density at radius 3 is 2.85 bits per heavy atom. The molecular weight excluding hydrogens is 350 g/mol. The Morgan fingerprint density at radius 2 is 2.08 bits per heavy atom. The molecule has 1 aromatic rings. The van der Waals surface area contributed by atoms with Crippen LogP contribution in [0.5, 0.6) is 0 Å². The second kappa shape index (κ2) is 8.12. The highest BCUT2D eigenvalue weighted by molar-refractivity contribution is 8.00. The largest absolute Gasteiger partial charge is 0.327 e. The average Bonchev–Trinajstić information content (AvgIpc) is 2.61. The lowest BCUT2D eigenvalue weighted by Gasteiger charge is -2.37. The van der Waals surface area contributed by atoms with Crippen LogP contribution in [-0.2, 0) is 20.8 Å². The van der Waals surface area contributed by atoms with E-state index in [4.69, 9.17) is 0 Å². The van der Waals surface area contributed by atoms with Crippen molar-refractivity contribution >= 4 is 35.2 Å². The van der Waals surface area contributed by atoms with Crippen molar-refractivity contribution in [1.29, 1.82) is 0 Å². The van der Waals surface area contributed by atoms with Gasteiger partial charge in [0.15, 0.2) is 5.50 Å². The molecule has 0 saturated carbocycles. The van der Waals surface area contributed by atoms with Gasteiger partial charge < -0.3 is 15.1 Å². The van der Waals surface area contributed by atoms with Gasteiger partial charge in [0.2, 0.25) is 17.7 Å². The smallest absolute Gasteiger partial charge is 0.237 e. The molecule has 1 N–H and O–H groups in total. The number of nitrogens with zero attached hydrogens (tertiary/aromatic N) is 2. The van der Waals surface area contributed by atoms with Crippen LogP contribution in [0.4, 0.5) is 5.69 Å². The number of carbonyl (C=O) groups is 3. The molecule has 7 heteroatoms. The quantitative estimate of drug-likeness (QED) is 0.799. The van der Waals surface area contributed by atoms with Gasteiger partial charge in [-0.25, -0.2) is 0 Å². The zero-order valence-electron chi connectivity index (χ0n) is 15.2. The van der Waals surface area contributed by atoms with Gasteiger partial charge >= 0.3 is 0 Å². The van der Waals surface area contributed by atoms with E-state index in [9.17, 15) is 14.4 Å². The van der Waals surface area contributed by atoms with Crippen LogP contribution in [0.3, 0.4) is 0 Å². The van der Waals surface area contributed by atoms with Crippen LogP contribution in [0.25, 0.3) is 0 Å². The summed E-state index contributed by atoms with van der Waals surface area (Å²) in [5, 5.41) is 2.84. The Labute approximate surface area is 158 Å². The minimum atomic E-state index is -0.477. The number of aryl methyl sites for hydroxylation is 1. The summed E-state index contributed by atoms with van der Waals surface area (Å²) in [6.45, 7) is 5.34. The van der Waals surface area contributed by atoms with Gasteiger partial charge in [-0.3, -0.25) is 14.4 Å². The second-order valence-electron chi connectivity index (χ2n) is 7.13. The molecule has 2 aliphatic rings. The number of hydrogen-bond acceptors (Lipinski definition) is 4. The van der Waals surface area contributed by atoms with Gasteiger partial charge in [-0.2, -0.15) is 0 Å². The molecule has 2 heterocycles. The lowest BCUT2D eigenvalue weighted by Crippen LogP contribution is -2.56.